The van der Waals surface area contributed by atoms with Crippen molar-refractivity contribution in [3.63, 3.8) is 0 Å². The molecule has 3 saturated carbocycles. The van der Waals surface area contributed by atoms with Crippen LogP contribution in [-0.2, 0) is 12.1 Å². The van der Waals surface area contributed by atoms with Crippen molar-refractivity contribution in [2.75, 3.05) is 0 Å². The summed E-state index contributed by atoms with van der Waals surface area (Å²) < 4.78 is 1.91. The van der Waals surface area contributed by atoms with Crippen LogP contribution in [0.4, 0.5) is 0 Å². The van der Waals surface area contributed by atoms with Crippen molar-refractivity contribution in [3.8, 4) is 0 Å². The minimum Gasteiger partial charge on any atom is -0.393 e. The van der Waals surface area contributed by atoms with Crippen LogP contribution in [0.2, 0.25) is 0 Å². The Morgan fingerprint density at radius 3 is 2.72 bits per heavy atom. The van der Waals surface area contributed by atoms with Gasteiger partial charge in [-0.1, -0.05) is 57.2 Å². The number of allylic oxidation sites excluding steroid dienone is 3. The summed E-state index contributed by atoms with van der Waals surface area (Å²) in [6, 6.07) is 0. The molecule has 6 heteroatoms. The molecule has 0 aromatic carbocycles. The first kappa shape index (κ1) is 27.3. The first-order valence-corrected chi connectivity index (χ1v) is 14.2. The topological polar surface area (TPSA) is 91.4 Å². The second-order valence-electron chi connectivity index (χ2n) is 12.0. The summed E-state index contributed by atoms with van der Waals surface area (Å²) in [5, 5.41) is 39.7. The fraction of sp³-hybridized carbons (Fsp3) is 0.733. The number of nitrogens with zero attached hydrogens (tertiary/aromatic N) is 3. The molecule has 200 valence electrons. The highest BCUT2D eigenvalue weighted by Gasteiger charge is 2.50. The molecule has 3 aliphatic rings. The second-order valence-corrected chi connectivity index (χ2v) is 12.0. The lowest BCUT2D eigenvalue weighted by molar-refractivity contribution is 0.0239. The van der Waals surface area contributed by atoms with E-state index >= 15 is 0 Å². The molecule has 3 fully saturated rings. The van der Waals surface area contributed by atoms with Gasteiger partial charge in [-0.05, 0) is 92.1 Å². The van der Waals surface area contributed by atoms with Crippen LogP contribution in [0, 0.1) is 23.2 Å². The molecular weight excluding hydrogens is 450 g/mol. The lowest BCUT2D eigenvalue weighted by atomic mass is 9.61. The van der Waals surface area contributed by atoms with Gasteiger partial charge in [-0.3, -0.25) is 4.68 Å². The molecule has 0 spiro atoms. The Balaban J connectivity index is 1.42. The van der Waals surface area contributed by atoms with Gasteiger partial charge in [0.2, 0.25) is 0 Å². The molecule has 0 unspecified atom stereocenters. The predicted molar refractivity (Wildman–Crippen MR) is 143 cm³/mol. The zero-order valence-electron chi connectivity index (χ0n) is 22.8. The minimum atomic E-state index is -0.879. The van der Waals surface area contributed by atoms with Gasteiger partial charge in [0.25, 0.3) is 0 Å². The maximum Gasteiger partial charge on any atom is 0.114 e. The zero-order chi connectivity index (χ0) is 26.1. The van der Waals surface area contributed by atoms with Crippen molar-refractivity contribution in [1.82, 2.24) is 15.0 Å². The molecule has 6 nitrogen and oxygen atoms in total. The first-order chi connectivity index (χ1) is 17.1. The average Bonchev–Trinajstić information content (AvgIpc) is 3.48. The van der Waals surface area contributed by atoms with Gasteiger partial charge in [-0.15, -0.1) is 5.10 Å². The Morgan fingerprint density at radius 2 is 2.00 bits per heavy atom. The van der Waals surface area contributed by atoms with Crippen molar-refractivity contribution in [2.45, 2.75) is 116 Å². The summed E-state index contributed by atoms with van der Waals surface area (Å²) in [6.45, 7) is 13.8. The highest BCUT2D eigenvalue weighted by molar-refractivity contribution is 5.38. The second kappa shape index (κ2) is 10.9. The molecule has 1 aromatic rings. The van der Waals surface area contributed by atoms with Crippen LogP contribution in [-0.4, -0.2) is 42.5 Å². The summed E-state index contributed by atoms with van der Waals surface area (Å²) in [4.78, 5) is 0. The largest absolute Gasteiger partial charge is 0.393 e. The number of aromatic nitrogens is 3. The number of hydrogen-bond acceptors (Lipinski definition) is 5. The van der Waals surface area contributed by atoms with E-state index in [9.17, 15) is 15.3 Å². The lowest BCUT2D eigenvalue weighted by Crippen LogP contribution is -2.36. The van der Waals surface area contributed by atoms with E-state index in [1.54, 1.807) is 0 Å². The molecule has 0 bridgehead atoms. The van der Waals surface area contributed by atoms with E-state index in [4.69, 9.17) is 0 Å². The van der Waals surface area contributed by atoms with E-state index in [0.717, 1.165) is 30.5 Å². The Kier molecular flexibility index (Phi) is 8.28. The van der Waals surface area contributed by atoms with Gasteiger partial charge >= 0.3 is 0 Å². The molecule has 1 heterocycles. The Hall–Kier alpha value is -1.76. The summed E-state index contributed by atoms with van der Waals surface area (Å²) in [7, 11) is 0. The number of hydrogen-bond donors (Lipinski definition) is 3. The van der Waals surface area contributed by atoms with Gasteiger partial charge in [-0.2, -0.15) is 0 Å². The molecule has 0 amide bonds. The molecule has 36 heavy (non-hydrogen) atoms. The summed E-state index contributed by atoms with van der Waals surface area (Å²) in [6.07, 6.45) is 14.7. The Morgan fingerprint density at radius 1 is 1.25 bits per heavy atom. The third-order valence-electron chi connectivity index (χ3n) is 9.99. The van der Waals surface area contributed by atoms with Gasteiger partial charge in [0.05, 0.1) is 18.4 Å². The summed E-state index contributed by atoms with van der Waals surface area (Å²) >= 11 is 0. The quantitative estimate of drug-likeness (QED) is 0.444. The van der Waals surface area contributed by atoms with Crippen molar-refractivity contribution in [2.24, 2.45) is 23.2 Å². The predicted octanol–water partition coefficient (Wildman–Crippen LogP) is 5.45. The van der Waals surface area contributed by atoms with Gasteiger partial charge in [0.1, 0.15) is 11.3 Å². The van der Waals surface area contributed by atoms with E-state index in [-0.39, 0.29) is 0 Å². The number of rotatable bonds is 8. The van der Waals surface area contributed by atoms with Crippen molar-refractivity contribution in [3.05, 3.63) is 47.3 Å². The lowest BCUT2D eigenvalue weighted by Gasteiger charge is -2.44. The van der Waals surface area contributed by atoms with Gasteiger partial charge < -0.3 is 15.3 Å². The van der Waals surface area contributed by atoms with Gasteiger partial charge in [0.15, 0.2) is 0 Å². The van der Waals surface area contributed by atoms with E-state index in [1.165, 1.54) is 31.3 Å². The van der Waals surface area contributed by atoms with Crippen molar-refractivity contribution < 1.29 is 15.3 Å². The summed E-state index contributed by atoms with van der Waals surface area (Å²) in [5.74, 6) is 1.87. The van der Waals surface area contributed by atoms with Crippen LogP contribution in [0.3, 0.4) is 0 Å². The van der Waals surface area contributed by atoms with Crippen molar-refractivity contribution >= 4 is 0 Å². The fourth-order valence-electron chi connectivity index (χ4n) is 7.45. The van der Waals surface area contributed by atoms with Crippen LogP contribution in [0.25, 0.3) is 0 Å². The van der Waals surface area contributed by atoms with Crippen LogP contribution in [0.1, 0.15) is 97.6 Å². The molecule has 0 saturated heterocycles. The van der Waals surface area contributed by atoms with Crippen molar-refractivity contribution in [1.29, 1.82) is 0 Å². The molecule has 4 rings (SSSR count). The van der Waals surface area contributed by atoms with Crippen LogP contribution in [0.5, 0.6) is 0 Å². The molecule has 0 aliphatic heterocycles. The van der Waals surface area contributed by atoms with Crippen LogP contribution < -0.4 is 0 Å². The molecular formula is C30H47N3O3. The SMILES string of the molecule is C=C1/C(=C\C=C2CCC[C@]3(C)[C@@H]([C@H](C)CCn4cc(C(O)(CC)CC)nn4)CC[C@@H]23)C[C@H](O)C[C@H]1O. The smallest absolute Gasteiger partial charge is 0.114 e. The molecule has 3 N–H and O–H groups in total. The fourth-order valence-corrected chi connectivity index (χ4v) is 7.45. The maximum atomic E-state index is 10.8. The third kappa shape index (κ3) is 5.27. The van der Waals surface area contributed by atoms with E-state index in [1.807, 2.05) is 24.7 Å². The number of fused-ring (bicyclic) bond motifs is 1. The van der Waals surface area contributed by atoms with Gasteiger partial charge in [-0.25, -0.2) is 0 Å². The highest BCUT2D eigenvalue weighted by atomic mass is 16.3. The number of aryl methyl sites for hydroxylation is 1. The third-order valence-corrected chi connectivity index (χ3v) is 9.99. The number of aliphatic hydroxyl groups is 3. The Labute approximate surface area is 217 Å². The minimum absolute atomic E-state index is 0.308. The van der Waals surface area contributed by atoms with Crippen LogP contribution in [0.15, 0.2) is 41.6 Å². The monoisotopic (exact) mass is 497 g/mol. The zero-order valence-corrected chi connectivity index (χ0v) is 22.8. The molecule has 3 aliphatic carbocycles. The van der Waals surface area contributed by atoms with E-state index < -0.39 is 17.8 Å². The average molecular weight is 498 g/mol. The van der Waals surface area contributed by atoms with E-state index in [0.29, 0.717) is 54.5 Å². The maximum absolute atomic E-state index is 10.8. The number of aliphatic hydroxyl groups excluding tert-OH is 2. The Bertz CT molecular complexity index is 991. The highest BCUT2D eigenvalue weighted by Crippen LogP contribution is 2.59. The molecule has 1 aromatic heterocycles. The first-order valence-electron chi connectivity index (χ1n) is 14.2. The van der Waals surface area contributed by atoms with Crippen LogP contribution >= 0.6 is 0 Å². The molecule has 0 radical (unpaired) electrons. The normalized spacial score (nSPS) is 34.4. The standard InChI is InChI=1S/C30H47N3O3/c1-6-30(36,7-2)28-19-33(32-31-28)16-14-20(3)25-12-13-26-22(9-8-15-29(25,26)5)10-11-23-17-24(34)18-27(35)21(23)4/h10-11,19-20,24-27,34-36H,4,6-9,12-18H2,1-3,5H3/b22-10?,23-11-/t20-,24+,25-,26+,27-,29-/m1/s1. The van der Waals surface area contributed by atoms with Gasteiger partial charge in [0, 0.05) is 13.0 Å². The summed E-state index contributed by atoms with van der Waals surface area (Å²) in [5.41, 5.74) is 3.41. The van der Waals surface area contributed by atoms with E-state index in [2.05, 4.69) is 42.9 Å². The molecule has 6 atom stereocenters.